The standard InChI is InChI=1S/C28H22FN3O5S2/c1-16-21(14-30)25(34)32(15-18-3-7-19(29)8-4-18)27(36)24(16)22(33)11-12-31-26(35)23(39-28(31)38)13-17-5-9-20(37-2)10-6-17/h3-10,13,36H,11-12,15H2,1-2H3/b23-13-. The number of ether oxygens (including phenoxy) is 1. The van der Waals surface area contributed by atoms with E-state index in [0.29, 0.717) is 16.2 Å². The van der Waals surface area contributed by atoms with Gasteiger partial charge in [-0.15, -0.1) is 0 Å². The molecule has 0 radical (unpaired) electrons. The van der Waals surface area contributed by atoms with Crippen molar-refractivity contribution < 1.29 is 23.8 Å². The van der Waals surface area contributed by atoms with E-state index in [9.17, 15) is 29.1 Å². The minimum absolute atomic E-state index is 0.0464. The van der Waals surface area contributed by atoms with Gasteiger partial charge in [-0.25, -0.2) is 4.39 Å². The van der Waals surface area contributed by atoms with E-state index in [2.05, 4.69) is 0 Å². The van der Waals surface area contributed by atoms with Gasteiger partial charge >= 0.3 is 0 Å². The third-order valence-electron chi connectivity index (χ3n) is 6.18. The third-order valence-corrected chi connectivity index (χ3v) is 7.56. The summed E-state index contributed by atoms with van der Waals surface area (Å²) in [5.41, 5.74) is 0.0689. The Kier molecular flexibility index (Phi) is 8.28. The largest absolute Gasteiger partial charge is 0.497 e. The number of Topliss-reactive ketones (excluding diaryl/α,β-unsaturated/α-hetero) is 1. The Hall–Kier alpha value is -4.27. The van der Waals surface area contributed by atoms with Crippen LogP contribution in [0.1, 0.15) is 39.0 Å². The highest BCUT2D eigenvalue weighted by atomic mass is 32.2. The maximum Gasteiger partial charge on any atom is 0.271 e. The Morgan fingerprint density at radius 3 is 2.46 bits per heavy atom. The maximum atomic E-state index is 13.3. The van der Waals surface area contributed by atoms with E-state index in [1.165, 1.54) is 36.1 Å². The molecular formula is C28H22FN3O5S2. The van der Waals surface area contributed by atoms with E-state index in [0.717, 1.165) is 21.9 Å². The van der Waals surface area contributed by atoms with Crippen LogP contribution in [0.15, 0.2) is 58.2 Å². The fourth-order valence-corrected chi connectivity index (χ4v) is 5.39. The van der Waals surface area contributed by atoms with Crippen LogP contribution in [-0.2, 0) is 11.3 Å². The lowest BCUT2D eigenvalue weighted by molar-refractivity contribution is -0.122. The minimum Gasteiger partial charge on any atom is -0.497 e. The SMILES string of the molecule is COc1ccc(/C=C2\SC(=S)N(CCC(=O)c3c(C)c(C#N)c(=O)n(Cc4ccc(F)cc4)c3O)C2=O)cc1. The van der Waals surface area contributed by atoms with Gasteiger partial charge in [-0.05, 0) is 54.0 Å². The summed E-state index contributed by atoms with van der Waals surface area (Å²) in [6.07, 6.45) is 1.48. The van der Waals surface area contributed by atoms with Crippen molar-refractivity contribution in [1.82, 2.24) is 9.47 Å². The van der Waals surface area contributed by atoms with Gasteiger partial charge in [-0.3, -0.25) is 23.9 Å². The number of amides is 1. The van der Waals surface area contributed by atoms with E-state index in [1.807, 2.05) is 6.07 Å². The van der Waals surface area contributed by atoms with E-state index in [1.54, 1.807) is 37.5 Å². The van der Waals surface area contributed by atoms with E-state index < -0.39 is 23.0 Å². The molecule has 0 aliphatic carbocycles. The van der Waals surface area contributed by atoms with Crippen LogP contribution < -0.4 is 10.3 Å². The lowest BCUT2D eigenvalue weighted by atomic mass is 9.99. The number of rotatable bonds is 8. The maximum absolute atomic E-state index is 13.3. The van der Waals surface area contributed by atoms with Crippen molar-refractivity contribution in [1.29, 1.82) is 5.26 Å². The number of hydrogen-bond acceptors (Lipinski definition) is 8. The quantitative estimate of drug-likeness (QED) is 0.244. The van der Waals surface area contributed by atoms with E-state index >= 15 is 0 Å². The molecule has 2 aromatic carbocycles. The van der Waals surface area contributed by atoms with Crippen LogP contribution in [0.4, 0.5) is 4.39 Å². The second-order valence-electron chi connectivity index (χ2n) is 8.61. The zero-order valence-corrected chi connectivity index (χ0v) is 22.6. The van der Waals surface area contributed by atoms with Crippen molar-refractivity contribution in [2.45, 2.75) is 19.9 Å². The highest BCUT2D eigenvalue weighted by Gasteiger charge is 2.33. The highest BCUT2D eigenvalue weighted by molar-refractivity contribution is 8.26. The van der Waals surface area contributed by atoms with Crippen LogP contribution in [0, 0.1) is 24.1 Å². The molecule has 0 atom stereocenters. The number of nitriles is 1. The lowest BCUT2D eigenvalue weighted by Crippen LogP contribution is -2.31. The molecule has 0 bridgehead atoms. The Morgan fingerprint density at radius 1 is 1.18 bits per heavy atom. The van der Waals surface area contributed by atoms with Crippen LogP contribution in [0.25, 0.3) is 6.08 Å². The average Bonchev–Trinajstić information content (AvgIpc) is 3.18. The van der Waals surface area contributed by atoms with Crippen molar-refractivity contribution in [3.05, 3.63) is 97.4 Å². The molecule has 1 amide bonds. The van der Waals surface area contributed by atoms with Crippen LogP contribution in [0.3, 0.4) is 0 Å². The number of thiocarbonyl (C=S) groups is 1. The molecule has 198 valence electrons. The third kappa shape index (κ3) is 5.77. The predicted octanol–water partition coefficient (Wildman–Crippen LogP) is 4.40. The molecule has 1 N–H and O–H groups in total. The van der Waals surface area contributed by atoms with Gasteiger partial charge < -0.3 is 9.84 Å². The van der Waals surface area contributed by atoms with Crippen molar-refractivity contribution in [3.63, 3.8) is 0 Å². The average molecular weight is 564 g/mol. The van der Waals surface area contributed by atoms with Gasteiger partial charge in [0.2, 0.25) is 5.88 Å². The van der Waals surface area contributed by atoms with Crippen LogP contribution >= 0.6 is 24.0 Å². The van der Waals surface area contributed by atoms with Gasteiger partial charge in [-0.2, -0.15) is 5.26 Å². The summed E-state index contributed by atoms with van der Waals surface area (Å²) in [5.74, 6) is -1.31. The number of aromatic nitrogens is 1. The van der Waals surface area contributed by atoms with Gasteiger partial charge in [-0.1, -0.05) is 48.2 Å². The van der Waals surface area contributed by atoms with Gasteiger partial charge in [0, 0.05) is 13.0 Å². The first-order chi connectivity index (χ1) is 18.6. The summed E-state index contributed by atoms with van der Waals surface area (Å²) >= 11 is 6.48. The van der Waals surface area contributed by atoms with E-state index in [-0.39, 0.29) is 46.4 Å². The molecule has 0 saturated carbocycles. The van der Waals surface area contributed by atoms with Gasteiger partial charge in [0.05, 0.1) is 24.1 Å². The number of carbonyl (C=O) groups is 2. The molecule has 0 unspecified atom stereocenters. The molecule has 1 aliphatic heterocycles. The molecule has 0 spiro atoms. The number of ketones is 1. The molecule has 1 saturated heterocycles. The number of carbonyl (C=O) groups excluding carboxylic acids is 2. The Bertz CT molecular complexity index is 1610. The number of pyridine rings is 1. The predicted molar refractivity (Wildman–Crippen MR) is 149 cm³/mol. The lowest BCUT2D eigenvalue weighted by Gasteiger charge is -2.17. The molecule has 1 aliphatic rings. The van der Waals surface area contributed by atoms with Crippen LogP contribution in [0.2, 0.25) is 0 Å². The molecule has 8 nitrogen and oxygen atoms in total. The monoisotopic (exact) mass is 563 g/mol. The fraction of sp³-hybridized carbons (Fsp3) is 0.179. The minimum atomic E-state index is -0.769. The Balaban J connectivity index is 1.56. The summed E-state index contributed by atoms with van der Waals surface area (Å²) in [5, 5.41) is 20.5. The number of methoxy groups -OCH3 is 1. The molecule has 1 aromatic heterocycles. The summed E-state index contributed by atoms with van der Waals surface area (Å²) < 4.78 is 19.6. The molecular weight excluding hydrogens is 541 g/mol. The summed E-state index contributed by atoms with van der Waals surface area (Å²) in [6, 6.07) is 14.2. The smallest absolute Gasteiger partial charge is 0.271 e. The fourth-order valence-electron chi connectivity index (χ4n) is 4.09. The number of benzene rings is 2. The van der Waals surface area contributed by atoms with Crippen molar-refractivity contribution in [2.75, 3.05) is 13.7 Å². The topological polar surface area (TPSA) is 113 Å². The number of nitrogens with zero attached hydrogens (tertiary/aromatic N) is 3. The first kappa shape index (κ1) is 27.8. The molecule has 11 heteroatoms. The molecule has 4 rings (SSSR count). The zero-order chi connectivity index (χ0) is 28.3. The number of aromatic hydroxyl groups is 1. The zero-order valence-electron chi connectivity index (χ0n) is 20.9. The summed E-state index contributed by atoms with van der Waals surface area (Å²) in [7, 11) is 1.56. The Morgan fingerprint density at radius 2 is 1.85 bits per heavy atom. The van der Waals surface area contributed by atoms with Crippen molar-refractivity contribution in [3.8, 4) is 17.7 Å². The first-order valence-corrected chi connectivity index (χ1v) is 12.9. The molecule has 2 heterocycles. The number of halogens is 1. The summed E-state index contributed by atoms with van der Waals surface area (Å²) in [6.45, 7) is 1.18. The van der Waals surface area contributed by atoms with Crippen molar-refractivity contribution >= 4 is 46.1 Å². The highest BCUT2D eigenvalue weighted by Crippen LogP contribution is 2.33. The van der Waals surface area contributed by atoms with Crippen molar-refractivity contribution in [2.24, 2.45) is 0 Å². The van der Waals surface area contributed by atoms with Gasteiger partial charge in [0.15, 0.2) is 5.78 Å². The van der Waals surface area contributed by atoms with Gasteiger partial charge in [0.1, 0.15) is 27.5 Å². The number of hydrogen-bond donors (Lipinski definition) is 1. The normalized spacial score (nSPS) is 14.1. The Labute approximate surface area is 232 Å². The number of thioether (sulfide) groups is 1. The van der Waals surface area contributed by atoms with E-state index in [4.69, 9.17) is 17.0 Å². The second kappa shape index (κ2) is 11.6. The molecule has 1 fully saturated rings. The van der Waals surface area contributed by atoms with Crippen LogP contribution in [0.5, 0.6) is 11.6 Å². The second-order valence-corrected chi connectivity index (χ2v) is 10.3. The molecule has 3 aromatic rings. The van der Waals surface area contributed by atoms with Crippen LogP contribution in [-0.4, -0.2) is 44.2 Å². The first-order valence-electron chi connectivity index (χ1n) is 11.7. The van der Waals surface area contributed by atoms with Gasteiger partial charge in [0.25, 0.3) is 11.5 Å². The molecule has 39 heavy (non-hydrogen) atoms. The summed E-state index contributed by atoms with van der Waals surface area (Å²) in [4.78, 5) is 40.8.